The maximum absolute atomic E-state index is 14.6. The number of phenols is 1. The van der Waals surface area contributed by atoms with Crippen LogP contribution in [-0.2, 0) is 19.6 Å². The van der Waals surface area contributed by atoms with E-state index in [4.69, 9.17) is 5.73 Å². The first-order valence-electron chi connectivity index (χ1n) is 13.6. The molecule has 0 bridgehead atoms. The first kappa shape index (κ1) is 28.3. The van der Waals surface area contributed by atoms with E-state index >= 15 is 0 Å². The van der Waals surface area contributed by atoms with Crippen molar-refractivity contribution >= 4 is 5.69 Å². The summed E-state index contributed by atoms with van der Waals surface area (Å²) in [5, 5.41) is 9.56. The van der Waals surface area contributed by atoms with Gasteiger partial charge in [-0.25, -0.2) is 13.6 Å². The predicted molar refractivity (Wildman–Crippen MR) is 154 cm³/mol. The Bertz CT molecular complexity index is 1610. The zero-order valence-electron chi connectivity index (χ0n) is 22.8. The Morgan fingerprint density at radius 1 is 0.829 bits per heavy atom. The van der Waals surface area contributed by atoms with E-state index in [1.165, 1.54) is 10.6 Å². The average molecular weight is 562 g/mol. The predicted octanol–water partition coefficient (Wildman–Crippen LogP) is 3.37. The first-order chi connectivity index (χ1) is 19.7. The lowest BCUT2D eigenvalue weighted by Gasteiger charge is -2.37. The van der Waals surface area contributed by atoms with Crippen LogP contribution in [0.15, 0.2) is 82.4 Å². The van der Waals surface area contributed by atoms with Crippen molar-refractivity contribution in [2.24, 2.45) is 5.73 Å². The molecule has 0 saturated carbocycles. The summed E-state index contributed by atoms with van der Waals surface area (Å²) >= 11 is 0. The Morgan fingerprint density at radius 3 is 2.10 bits per heavy atom. The summed E-state index contributed by atoms with van der Waals surface area (Å²) in [5.41, 5.74) is 7.51. The summed E-state index contributed by atoms with van der Waals surface area (Å²) in [6, 6.07) is 19.1. The van der Waals surface area contributed by atoms with Crippen LogP contribution >= 0.6 is 0 Å². The van der Waals surface area contributed by atoms with Crippen LogP contribution in [-0.4, -0.2) is 45.3 Å². The van der Waals surface area contributed by atoms with Gasteiger partial charge in [-0.2, -0.15) is 0 Å². The van der Waals surface area contributed by atoms with Crippen LogP contribution in [0, 0.1) is 18.6 Å². The molecule has 1 aliphatic rings. The molecule has 0 radical (unpaired) electrons. The molecule has 4 aromatic rings. The molecule has 3 N–H and O–H groups in total. The number of hydrogen-bond donors (Lipinski definition) is 2. The minimum atomic E-state index is -0.764. The molecule has 41 heavy (non-hydrogen) atoms. The lowest BCUT2D eigenvalue weighted by molar-refractivity contribution is 0.249. The number of halogens is 2. The standard InChI is InChI=1S/C31H33F2N5O3/c1-21-29(36-16-14-35(15-17-36)18-22-10-12-24(39)13-11-22)30(40)38(20-28(34)23-6-3-2-4-7-23)31(41)37(21)19-25-26(32)8-5-9-27(25)33/h2-13,28,39H,14-20,34H2,1H3/t28-/m1/s1. The van der Waals surface area contributed by atoms with Crippen LogP contribution in [0.4, 0.5) is 14.5 Å². The van der Waals surface area contributed by atoms with Gasteiger partial charge in [-0.15, -0.1) is 0 Å². The van der Waals surface area contributed by atoms with Crippen LogP contribution in [0.2, 0.25) is 0 Å². The summed E-state index contributed by atoms with van der Waals surface area (Å²) in [6.07, 6.45) is 0. The second kappa shape index (κ2) is 12.1. The van der Waals surface area contributed by atoms with E-state index in [9.17, 15) is 23.5 Å². The van der Waals surface area contributed by atoms with Crippen molar-refractivity contribution in [2.45, 2.75) is 32.6 Å². The molecule has 10 heteroatoms. The van der Waals surface area contributed by atoms with Crippen LogP contribution in [0.1, 0.15) is 28.4 Å². The summed E-state index contributed by atoms with van der Waals surface area (Å²) in [6.45, 7) is 4.23. The fourth-order valence-corrected chi connectivity index (χ4v) is 5.33. The van der Waals surface area contributed by atoms with E-state index in [0.717, 1.165) is 27.8 Å². The van der Waals surface area contributed by atoms with E-state index in [-0.39, 0.29) is 24.4 Å². The number of aromatic nitrogens is 2. The lowest BCUT2D eigenvalue weighted by Crippen LogP contribution is -2.51. The first-order valence-corrected chi connectivity index (χ1v) is 13.6. The summed E-state index contributed by atoms with van der Waals surface area (Å²) in [5.74, 6) is -1.32. The van der Waals surface area contributed by atoms with Crippen molar-refractivity contribution in [2.75, 3.05) is 31.1 Å². The highest BCUT2D eigenvalue weighted by molar-refractivity contribution is 5.50. The molecule has 5 rings (SSSR count). The molecule has 8 nitrogen and oxygen atoms in total. The van der Waals surface area contributed by atoms with Crippen molar-refractivity contribution in [1.29, 1.82) is 0 Å². The quantitative estimate of drug-likeness (QED) is 0.343. The number of benzene rings is 3. The molecule has 1 fully saturated rings. The van der Waals surface area contributed by atoms with E-state index in [2.05, 4.69) is 4.90 Å². The molecule has 0 spiro atoms. The number of nitrogens with zero attached hydrogens (tertiary/aromatic N) is 4. The fourth-order valence-electron chi connectivity index (χ4n) is 5.33. The van der Waals surface area contributed by atoms with Gasteiger partial charge in [0.1, 0.15) is 23.1 Å². The van der Waals surface area contributed by atoms with E-state index in [1.807, 2.05) is 47.4 Å². The molecule has 1 atom stereocenters. The molecule has 214 valence electrons. The van der Waals surface area contributed by atoms with Crippen molar-refractivity contribution in [3.8, 4) is 5.75 Å². The summed E-state index contributed by atoms with van der Waals surface area (Å²) < 4.78 is 31.6. The Kier molecular flexibility index (Phi) is 8.32. The highest BCUT2D eigenvalue weighted by Gasteiger charge is 2.26. The van der Waals surface area contributed by atoms with E-state index < -0.39 is 28.9 Å². The maximum atomic E-state index is 14.6. The van der Waals surface area contributed by atoms with Gasteiger partial charge in [0.05, 0.1) is 13.1 Å². The zero-order chi connectivity index (χ0) is 29.1. The van der Waals surface area contributed by atoms with Crippen LogP contribution in [0.3, 0.4) is 0 Å². The third kappa shape index (κ3) is 6.08. The van der Waals surface area contributed by atoms with Crippen molar-refractivity contribution < 1.29 is 13.9 Å². The molecule has 1 saturated heterocycles. The molecule has 2 heterocycles. The van der Waals surface area contributed by atoms with Crippen LogP contribution < -0.4 is 21.9 Å². The second-order valence-corrected chi connectivity index (χ2v) is 10.4. The SMILES string of the molecule is Cc1c(N2CCN(Cc3ccc(O)cc3)CC2)c(=O)n(C[C@@H](N)c2ccccc2)c(=O)n1Cc1c(F)cccc1F. The van der Waals surface area contributed by atoms with Gasteiger partial charge in [0.25, 0.3) is 5.56 Å². The zero-order valence-corrected chi connectivity index (χ0v) is 22.8. The number of aromatic hydroxyl groups is 1. The van der Waals surface area contributed by atoms with Crippen molar-refractivity contribution in [3.63, 3.8) is 0 Å². The Labute approximate surface area is 236 Å². The third-order valence-corrected chi connectivity index (χ3v) is 7.67. The van der Waals surface area contributed by atoms with Gasteiger partial charge in [-0.05, 0) is 42.3 Å². The number of piperazine rings is 1. The van der Waals surface area contributed by atoms with Crippen molar-refractivity contribution in [1.82, 2.24) is 14.0 Å². The van der Waals surface area contributed by atoms with Crippen molar-refractivity contribution in [3.05, 3.63) is 128 Å². The Balaban J connectivity index is 1.49. The molecule has 0 amide bonds. The summed E-state index contributed by atoms with van der Waals surface area (Å²) in [4.78, 5) is 31.8. The molecule has 3 aromatic carbocycles. The van der Waals surface area contributed by atoms with Gasteiger partial charge >= 0.3 is 5.69 Å². The Morgan fingerprint density at radius 2 is 1.46 bits per heavy atom. The number of nitrogens with two attached hydrogens (primary N) is 1. The van der Waals surface area contributed by atoms with Gasteiger partial charge in [0, 0.05) is 50.0 Å². The normalized spacial score (nSPS) is 14.8. The second-order valence-electron chi connectivity index (χ2n) is 10.4. The Hall–Kier alpha value is -4.28. The number of rotatable bonds is 8. The fraction of sp³-hybridized carbons (Fsp3) is 0.290. The van der Waals surface area contributed by atoms with Gasteiger partial charge in [-0.3, -0.25) is 18.8 Å². The molecular weight excluding hydrogens is 528 g/mol. The molecular formula is C31H33F2N5O3. The number of hydrogen-bond acceptors (Lipinski definition) is 6. The minimum absolute atomic E-state index is 0.0878. The topological polar surface area (TPSA) is 96.7 Å². The highest BCUT2D eigenvalue weighted by Crippen LogP contribution is 2.21. The molecule has 1 aliphatic heterocycles. The van der Waals surface area contributed by atoms with Gasteiger partial charge in [-0.1, -0.05) is 48.5 Å². The smallest absolute Gasteiger partial charge is 0.331 e. The molecule has 0 unspecified atom stereocenters. The van der Waals surface area contributed by atoms with Gasteiger partial charge in [0.2, 0.25) is 0 Å². The van der Waals surface area contributed by atoms with Crippen LogP contribution in [0.25, 0.3) is 0 Å². The third-order valence-electron chi connectivity index (χ3n) is 7.67. The van der Waals surface area contributed by atoms with Crippen LogP contribution in [0.5, 0.6) is 5.75 Å². The number of phenolic OH excluding ortho intramolecular Hbond substituents is 1. The van der Waals surface area contributed by atoms with Gasteiger partial charge < -0.3 is 15.7 Å². The maximum Gasteiger partial charge on any atom is 0.331 e. The monoisotopic (exact) mass is 561 g/mol. The molecule has 0 aliphatic carbocycles. The van der Waals surface area contributed by atoms with E-state index in [0.29, 0.717) is 44.1 Å². The van der Waals surface area contributed by atoms with Gasteiger partial charge in [0.15, 0.2) is 0 Å². The number of anilines is 1. The minimum Gasteiger partial charge on any atom is -0.508 e. The molecule has 1 aromatic heterocycles. The summed E-state index contributed by atoms with van der Waals surface area (Å²) in [7, 11) is 0. The lowest BCUT2D eigenvalue weighted by atomic mass is 10.1. The highest BCUT2D eigenvalue weighted by atomic mass is 19.1. The largest absolute Gasteiger partial charge is 0.508 e. The van der Waals surface area contributed by atoms with E-state index in [1.54, 1.807) is 19.1 Å². The average Bonchev–Trinajstić information content (AvgIpc) is 2.97.